The number of pyridine rings is 1. The summed E-state index contributed by atoms with van der Waals surface area (Å²) < 4.78 is 2.97. The van der Waals surface area contributed by atoms with Gasteiger partial charge in [-0.25, -0.2) is 4.79 Å². The molecule has 2 rings (SSSR count). The van der Waals surface area contributed by atoms with Crippen molar-refractivity contribution in [3.05, 3.63) is 28.2 Å². The zero-order valence-electron chi connectivity index (χ0n) is 8.97. The van der Waals surface area contributed by atoms with E-state index in [0.717, 1.165) is 0 Å². The Hall–Kier alpha value is -2.11. The number of hydrogen-bond acceptors (Lipinski definition) is 3. The van der Waals surface area contributed by atoms with Crippen molar-refractivity contribution >= 4 is 17.0 Å². The summed E-state index contributed by atoms with van der Waals surface area (Å²) in [5.41, 5.74) is -0.0778. The van der Waals surface area contributed by atoms with Gasteiger partial charge in [0.1, 0.15) is 11.2 Å². The molecular weight excluding hydrogens is 210 g/mol. The summed E-state index contributed by atoms with van der Waals surface area (Å²) in [6.07, 6.45) is 1.55. The fourth-order valence-corrected chi connectivity index (χ4v) is 1.79. The number of aryl methyl sites for hydroxylation is 2. The number of aromatic nitrogens is 3. The second kappa shape index (κ2) is 3.48. The molecular formula is C10H11N3O3. The molecule has 0 saturated heterocycles. The quantitative estimate of drug-likeness (QED) is 0.798. The fourth-order valence-electron chi connectivity index (χ4n) is 1.79. The van der Waals surface area contributed by atoms with Crippen molar-refractivity contribution in [1.82, 2.24) is 14.3 Å². The minimum absolute atomic E-state index is 0.220. The predicted molar refractivity (Wildman–Crippen MR) is 57.6 cm³/mol. The molecule has 0 amide bonds. The van der Waals surface area contributed by atoms with Crippen molar-refractivity contribution in [2.24, 2.45) is 7.05 Å². The normalized spacial score (nSPS) is 10.9. The van der Waals surface area contributed by atoms with E-state index >= 15 is 0 Å². The molecule has 0 aliphatic rings. The molecule has 16 heavy (non-hydrogen) atoms. The van der Waals surface area contributed by atoms with E-state index in [-0.39, 0.29) is 5.56 Å². The highest BCUT2D eigenvalue weighted by Gasteiger charge is 2.15. The van der Waals surface area contributed by atoms with Gasteiger partial charge in [0, 0.05) is 19.0 Å². The van der Waals surface area contributed by atoms with Crippen molar-refractivity contribution in [2.45, 2.75) is 13.5 Å². The minimum atomic E-state index is -1.21. The third kappa shape index (κ3) is 1.30. The summed E-state index contributed by atoms with van der Waals surface area (Å²) in [6, 6.07) is 1.36. The zero-order chi connectivity index (χ0) is 11.9. The summed E-state index contributed by atoms with van der Waals surface area (Å²) in [6.45, 7) is 2.20. The molecule has 0 bridgehead atoms. The lowest BCUT2D eigenvalue weighted by Gasteiger charge is -2.07. The highest BCUT2D eigenvalue weighted by atomic mass is 16.4. The van der Waals surface area contributed by atoms with Crippen LogP contribution in [0.1, 0.15) is 17.3 Å². The van der Waals surface area contributed by atoms with Gasteiger partial charge in [0.05, 0.1) is 6.20 Å². The average molecular weight is 221 g/mol. The Morgan fingerprint density at radius 2 is 2.25 bits per heavy atom. The van der Waals surface area contributed by atoms with Gasteiger partial charge in [0.15, 0.2) is 0 Å². The Bertz CT molecular complexity index is 624. The molecule has 2 aromatic heterocycles. The van der Waals surface area contributed by atoms with Crippen LogP contribution in [0.4, 0.5) is 0 Å². The van der Waals surface area contributed by atoms with E-state index in [4.69, 9.17) is 5.11 Å². The molecule has 0 aromatic carbocycles. The van der Waals surface area contributed by atoms with E-state index in [1.165, 1.54) is 10.6 Å². The van der Waals surface area contributed by atoms with E-state index in [9.17, 15) is 9.59 Å². The van der Waals surface area contributed by atoms with Crippen LogP contribution in [-0.4, -0.2) is 25.4 Å². The fraction of sp³-hybridized carbons (Fsp3) is 0.300. The van der Waals surface area contributed by atoms with Crippen LogP contribution in [0.2, 0.25) is 0 Å². The van der Waals surface area contributed by atoms with Gasteiger partial charge in [-0.15, -0.1) is 0 Å². The lowest BCUT2D eigenvalue weighted by Crippen LogP contribution is -2.26. The van der Waals surface area contributed by atoms with Crippen LogP contribution >= 0.6 is 0 Å². The van der Waals surface area contributed by atoms with Gasteiger partial charge < -0.3 is 5.11 Å². The summed E-state index contributed by atoms with van der Waals surface area (Å²) in [4.78, 5) is 22.7. The summed E-state index contributed by atoms with van der Waals surface area (Å²) in [5, 5.41) is 13.6. The van der Waals surface area contributed by atoms with E-state index in [2.05, 4.69) is 5.10 Å². The van der Waals surface area contributed by atoms with Gasteiger partial charge in [0.25, 0.3) is 5.56 Å². The molecule has 0 radical (unpaired) electrons. The van der Waals surface area contributed by atoms with E-state index in [0.29, 0.717) is 17.6 Å². The maximum atomic E-state index is 11.8. The van der Waals surface area contributed by atoms with Gasteiger partial charge in [-0.1, -0.05) is 0 Å². The average Bonchev–Trinajstić information content (AvgIpc) is 2.59. The third-order valence-corrected chi connectivity index (χ3v) is 2.51. The molecule has 0 atom stereocenters. The Balaban J connectivity index is 2.96. The van der Waals surface area contributed by atoms with Crippen LogP contribution in [0.25, 0.3) is 11.0 Å². The number of nitrogens with zero attached hydrogens (tertiary/aromatic N) is 3. The predicted octanol–water partition coefficient (Wildman–Crippen LogP) is 0.453. The van der Waals surface area contributed by atoms with Gasteiger partial charge in [-0.05, 0) is 13.0 Å². The van der Waals surface area contributed by atoms with Crippen LogP contribution in [0, 0.1) is 0 Å². The van der Waals surface area contributed by atoms with Gasteiger partial charge in [-0.3, -0.25) is 14.0 Å². The first-order valence-electron chi connectivity index (χ1n) is 4.85. The van der Waals surface area contributed by atoms with Crippen molar-refractivity contribution in [2.75, 3.05) is 0 Å². The molecule has 0 fully saturated rings. The summed E-state index contributed by atoms with van der Waals surface area (Å²) in [7, 11) is 1.72. The molecule has 0 saturated carbocycles. The van der Waals surface area contributed by atoms with E-state index < -0.39 is 11.5 Å². The van der Waals surface area contributed by atoms with Crippen molar-refractivity contribution in [3.63, 3.8) is 0 Å². The molecule has 84 valence electrons. The van der Waals surface area contributed by atoms with E-state index in [1.807, 2.05) is 0 Å². The van der Waals surface area contributed by atoms with Crippen molar-refractivity contribution in [3.8, 4) is 0 Å². The number of rotatable bonds is 2. The molecule has 1 N–H and O–H groups in total. The standard InChI is InChI=1S/C10H11N3O3/c1-3-13-8-6(5-11-12(8)2)4-7(9(13)14)10(15)16/h4-5H,3H2,1-2H3,(H,15,16). The smallest absolute Gasteiger partial charge is 0.341 e. The minimum Gasteiger partial charge on any atom is -0.477 e. The van der Waals surface area contributed by atoms with Gasteiger partial charge in [0.2, 0.25) is 0 Å². The SMILES string of the molecule is CCn1c(=O)c(C(=O)O)cc2cnn(C)c21. The number of aromatic carboxylic acids is 1. The number of carboxylic acids is 1. The molecule has 6 heteroatoms. The Labute approximate surface area is 90.7 Å². The highest BCUT2D eigenvalue weighted by Crippen LogP contribution is 2.12. The van der Waals surface area contributed by atoms with Crippen molar-refractivity contribution < 1.29 is 9.90 Å². The van der Waals surface area contributed by atoms with Crippen LogP contribution in [0.3, 0.4) is 0 Å². The number of carboxylic acid groups (broad SMARTS) is 1. The molecule has 0 spiro atoms. The second-order valence-corrected chi connectivity index (χ2v) is 3.46. The number of hydrogen-bond donors (Lipinski definition) is 1. The third-order valence-electron chi connectivity index (χ3n) is 2.51. The molecule has 0 aliphatic carbocycles. The summed E-state index contributed by atoms with van der Waals surface area (Å²) in [5.74, 6) is -1.21. The Morgan fingerprint density at radius 1 is 1.56 bits per heavy atom. The Morgan fingerprint density at radius 3 is 2.81 bits per heavy atom. The molecule has 2 aromatic rings. The second-order valence-electron chi connectivity index (χ2n) is 3.46. The lowest BCUT2D eigenvalue weighted by atomic mass is 10.2. The molecule has 0 unspecified atom stereocenters. The maximum Gasteiger partial charge on any atom is 0.341 e. The Kier molecular flexibility index (Phi) is 2.26. The summed E-state index contributed by atoms with van der Waals surface area (Å²) >= 11 is 0. The maximum absolute atomic E-state index is 11.8. The first kappa shape index (κ1) is 10.4. The van der Waals surface area contributed by atoms with Crippen LogP contribution in [0.5, 0.6) is 0 Å². The first-order valence-corrected chi connectivity index (χ1v) is 4.85. The molecule has 6 nitrogen and oxygen atoms in total. The lowest BCUT2D eigenvalue weighted by molar-refractivity contribution is 0.0694. The highest BCUT2D eigenvalue weighted by molar-refractivity contribution is 5.91. The number of fused-ring (bicyclic) bond motifs is 1. The van der Waals surface area contributed by atoms with Crippen LogP contribution < -0.4 is 5.56 Å². The zero-order valence-corrected chi connectivity index (χ0v) is 8.97. The van der Waals surface area contributed by atoms with Crippen LogP contribution in [-0.2, 0) is 13.6 Å². The number of carbonyl (C=O) groups is 1. The molecule has 2 heterocycles. The van der Waals surface area contributed by atoms with Crippen molar-refractivity contribution in [1.29, 1.82) is 0 Å². The first-order chi connectivity index (χ1) is 7.56. The largest absolute Gasteiger partial charge is 0.477 e. The topological polar surface area (TPSA) is 77.1 Å². The van der Waals surface area contributed by atoms with Gasteiger partial charge in [-0.2, -0.15) is 5.10 Å². The van der Waals surface area contributed by atoms with E-state index in [1.54, 1.807) is 24.9 Å². The van der Waals surface area contributed by atoms with Crippen LogP contribution in [0.15, 0.2) is 17.1 Å². The molecule has 0 aliphatic heterocycles. The van der Waals surface area contributed by atoms with Gasteiger partial charge >= 0.3 is 5.97 Å². The monoisotopic (exact) mass is 221 g/mol.